The van der Waals surface area contributed by atoms with E-state index >= 15 is 0 Å². The van der Waals surface area contributed by atoms with E-state index in [4.69, 9.17) is 0 Å². The van der Waals surface area contributed by atoms with E-state index in [1.165, 1.54) is 0 Å². The first-order valence-corrected chi connectivity index (χ1v) is 7.74. The molecular weight excluding hydrogens is 296 g/mol. The van der Waals surface area contributed by atoms with Crippen LogP contribution in [0.1, 0.15) is 11.7 Å². The van der Waals surface area contributed by atoms with Crippen LogP contribution >= 0.6 is 0 Å². The van der Waals surface area contributed by atoms with E-state index in [1.54, 1.807) is 27.0 Å². The van der Waals surface area contributed by atoms with Crippen LogP contribution in [0.15, 0.2) is 18.6 Å². The van der Waals surface area contributed by atoms with E-state index in [0.717, 1.165) is 44.1 Å². The molecule has 0 saturated carbocycles. The largest absolute Gasteiger partial charge is 0.326 e. The van der Waals surface area contributed by atoms with Crippen molar-refractivity contribution < 1.29 is 4.79 Å². The summed E-state index contributed by atoms with van der Waals surface area (Å²) in [6.45, 7) is 4.18. The van der Waals surface area contributed by atoms with Crippen LogP contribution in [0, 0.1) is 0 Å². The number of likely N-dealkylation sites (tertiary alicyclic amines) is 1. The predicted molar refractivity (Wildman–Crippen MR) is 82.9 cm³/mol. The van der Waals surface area contributed by atoms with E-state index < -0.39 is 0 Å². The number of carbonyl (C=O) groups is 1. The highest BCUT2D eigenvalue weighted by atomic mass is 16.2. The van der Waals surface area contributed by atoms with Gasteiger partial charge in [-0.25, -0.2) is 4.79 Å². The number of likely N-dealkylation sites (N-methyl/N-ethyl adjacent to an activating group) is 1. The molecular formula is C14H20N8O. The van der Waals surface area contributed by atoms with Crippen molar-refractivity contribution >= 4 is 11.7 Å². The molecule has 0 N–H and O–H groups in total. The Morgan fingerprint density at radius 3 is 2.65 bits per heavy atom. The van der Waals surface area contributed by atoms with Crippen molar-refractivity contribution in [2.75, 3.05) is 38.1 Å². The van der Waals surface area contributed by atoms with Crippen molar-refractivity contribution in [1.29, 1.82) is 0 Å². The second kappa shape index (κ2) is 5.34. The zero-order valence-corrected chi connectivity index (χ0v) is 13.3. The number of urea groups is 1. The smallest absolute Gasteiger partial charge is 0.324 e. The Bertz CT molecular complexity index is 716. The van der Waals surface area contributed by atoms with Gasteiger partial charge in [0.25, 0.3) is 0 Å². The van der Waals surface area contributed by atoms with Gasteiger partial charge in [-0.15, -0.1) is 0 Å². The van der Waals surface area contributed by atoms with Gasteiger partial charge in [-0.1, -0.05) is 0 Å². The van der Waals surface area contributed by atoms with Gasteiger partial charge in [-0.2, -0.15) is 20.1 Å². The van der Waals surface area contributed by atoms with Gasteiger partial charge in [-0.05, 0) is 0 Å². The fourth-order valence-electron chi connectivity index (χ4n) is 3.08. The molecule has 2 aromatic heterocycles. The molecule has 9 nitrogen and oxygen atoms in total. The standard InChI is InChI=1S/C14H20N8O/c1-18-3-4-21(14(18)23)12-6-16-22(10-12)13-8-20(9-13)7-11-5-15-19(2)17-11/h5-6,10,13H,3-4,7-9H2,1-2H3. The third-order valence-electron chi connectivity index (χ3n) is 4.46. The fraction of sp³-hybridized carbons (Fsp3) is 0.571. The highest BCUT2D eigenvalue weighted by Crippen LogP contribution is 2.25. The summed E-state index contributed by atoms with van der Waals surface area (Å²) in [6.07, 6.45) is 5.55. The van der Waals surface area contributed by atoms with Crippen LogP contribution in [0.4, 0.5) is 10.5 Å². The van der Waals surface area contributed by atoms with Crippen LogP contribution in [-0.4, -0.2) is 73.8 Å². The first kappa shape index (κ1) is 14.2. The van der Waals surface area contributed by atoms with E-state index in [-0.39, 0.29) is 6.03 Å². The lowest BCUT2D eigenvalue weighted by Gasteiger charge is -2.38. The number of hydrogen-bond donors (Lipinski definition) is 0. The van der Waals surface area contributed by atoms with Gasteiger partial charge in [-0.3, -0.25) is 14.5 Å². The Balaban J connectivity index is 1.35. The van der Waals surface area contributed by atoms with Gasteiger partial charge in [0.1, 0.15) is 0 Å². The molecule has 122 valence electrons. The normalized spacial score (nSPS) is 19.7. The van der Waals surface area contributed by atoms with Crippen LogP contribution < -0.4 is 4.90 Å². The number of anilines is 1. The first-order chi connectivity index (χ1) is 11.1. The number of rotatable bonds is 4. The van der Waals surface area contributed by atoms with Gasteiger partial charge < -0.3 is 4.90 Å². The van der Waals surface area contributed by atoms with Crippen molar-refractivity contribution in [2.24, 2.45) is 7.05 Å². The minimum Gasteiger partial charge on any atom is -0.326 e. The molecule has 0 radical (unpaired) electrons. The van der Waals surface area contributed by atoms with Gasteiger partial charge in [0.15, 0.2) is 0 Å². The Labute approximate surface area is 134 Å². The van der Waals surface area contributed by atoms with Gasteiger partial charge >= 0.3 is 6.03 Å². The lowest BCUT2D eigenvalue weighted by atomic mass is 10.1. The molecule has 0 unspecified atom stereocenters. The first-order valence-electron chi connectivity index (χ1n) is 7.74. The molecule has 0 atom stereocenters. The topological polar surface area (TPSA) is 75.3 Å². The molecule has 23 heavy (non-hydrogen) atoms. The Morgan fingerprint density at radius 2 is 2.00 bits per heavy atom. The van der Waals surface area contributed by atoms with Crippen molar-refractivity contribution in [2.45, 2.75) is 12.6 Å². The molecule has 4 rings (SSSR count). The second-order valence-electron chi connectivity index (χ2n) is 6.21. The number of aromatic nitrogens is 5. The summed E-state index contributed by atoms with van der Waals surface area (Å²) in [5, 5.41) is 12.8. The molecule has 4 heterocycles. The quantitative estimate of drug-likeness (QED) is 0.790. The van der Waals surface area contributed by atoms with Crippen LogP contribution in [0.5, 0.6) is 0 Å². The Kier molecular flexibility index (Phi) is 3.29. The summed E-state index contributed by atoms with van der Waals surface area (Å²) in [6, 6.07) is 0.401. The molecule has 2 fully saturated rings. The molecule has 2 amide bonds. The molecule has 0 aromatic carbocycles. The molecule has 9 heteroatoms. The monoisotopic (exact) mass is 316 g/mol. The minimum absolute atomic E-state index is 0.0439. The van der Waals surface area contributed by atoms with Crippen LogP contribution in [0.2, 0.25) is 0 Å². The third-order valence-corrected chi connectivity index (χ3v) is 4.46. The number of nitrogens with zero attached hydrogens (tertiary/aromatic N) is 8. The highest BCUT2D eigenvalue weighted by Gasteiger charge is 2.31. The maximum atomic E-state index is 12.0. The number of carbonyl (C=O) groups excluding carboxylic acids is 1. The Morgan fingerprint density at radius 1 is 1.17 bits per heavy atom. The summed E-state index contributed by atoms with van der Waals surface area (Å²) in [5.74, 6) is 0. The molecule has 0 aliphatic carbocycles. The van der Waals surface area contributed by atoms with E-state index in [9.17, 15) is 4.79 Å². The zero-order chi connectivity index (χ0) is 16.0. The lowest BCUT2D eigenvalue weighted by molar-refractivity contribution is 0.0894. The minimum atomic E-state index is 0.0439. The molecule has 2 aliphatic heterocycles. The second-order valence-corrected chi connectivity index (χ2v) is 6.21. The number of hydrogen-bond acceptors (Lipinski definition) is 5. The summed E-state index contributed by atoms with van der Waals surface area (Å²) in [7, 11) is 3.65. The molecule has 0 bridgehead atoms. The van der Waals surface area contributed by atoms with Crippen molar-refractivity contribution in [3.8, 4) is 0 Å². The summed E-state index contributed by atoms with van der Waals surface area (Å²) >= 11 is 0. The zero-order valence-electron chi connectivity index (χ0n) is 13.3. The average Bonchev–Trinajstić information content (AvgIpc) is 3.17. The van der Waals surface area contributed by atoms with Crippen LogP contribution in [0.25, 0.3) is 0 Å². The van der Waals surface area contributed by atoms with E-state index in [1.807, 2.05) is 25.0 Å². The lowest BCUT2D eigenvalue weighted by Crippen LogP contribution is -2.47. The van der Waals surface area contributed by atoms with Crippen LogP contribution in [0.3, 0.4) is 0 Å². The maximum absolute atomic E-state index is 12.0. The van der Waals surface area contributed by atoms with E-state index in [0.29, 0.717) is 6.04 Å². The summed E-state index contributed by atoms with van der Waals surface area (Å²) in [5.41, 5.74) is 1.87. The molecule has 0 spiro atoms. The van der Waals surface area contributed by atoms with Gasteiger partial charge in [0, 0.05) is 53.0 Å². The van der Waals surface area contributed by atoms with Crippen LogP contribution in [-0.2, 0) is 13.6 Å². The Hall–Kier alpha value is -2.42. The van der Waals surface area contributed by atoms with Crippen molar-refractivity contribution in [1.82, 2.24) is 34.6 Å². The SMILES string of the molecule is CN1CCN(c2cnn(C3CN(Cc4cnn(C)n4)C3)c2)C1=O. The third kappa shape index (κ3) is 2.56. The molecule has 2 aromatic rings. The maximum Gasteiger partial charge on any atom is 0.324 e. The average molecular weight is 316 g/mol. The van der Waals surface area contributed by atoms with E-state index in [2.05, 4.69) is 20.2 Å². The van der Waals surface area contributed by atoms with Crippen molar-refractivity contribution in [3.05, 3.63) is 24.3 Å². The number of aryl methyl sites for hydroxylation is 1. The fourth-order valence-corrected chi connectivity index (χ4v) is 3.08. The summed E-state index contributed by atoms with van der Waals surface area (Å²) in [4.78, 5) is 19.4. The van der Waals surface area contributed by atoms with Crippen molar-refractivity contribution in [3.63, 3.8) is 0 Å². The van der Waals surface area contributed by atoms with Gasteiger partial charge in [0.05, 0.1) is 29.8 Å². The molecule has 2 aliphatic rings. The van der Waals surface area contributed by atoms with Gasteiger partial charge in [0.2, 0.25) is 0 Å². The predicted octanol–water partition coefficient (Wildman–Crippen LogP) is -0.0597. The summed E-state index contributed by atoms with van der Waals surface area (Å²) < 4.78 is 1.97. The molecule has 2 saturated heterocycles. The highest BCUT2D eigenvalue weighted by molar-refractivity contribution is 5.93. The number of amides is 2.